The molecule has 3 rings (SSSR count). The maximum absolute atomic E-state index is 5.81. The standard InChI is InChI=1S/C15H21N5OSi/c1-22(2,3)9-8-21-11-20-7-5-12-14(13-4-6-18-19-13)16-10-17-15(12)20/h4-7,10H,8-9,11H2,1-3H3,(H,18,19). The van der Waals surface area contributed by atoms with Crippen molar-refractivity contribution in [3.8, 4) is 11.4 Å². The van der Waals surface area contributed by atoms with E-state index in [-0.39, 0.29) is 0 Å². The first kappa shape index (κ1) is 14.9. The summed E-state index contributed by atoms with van der Waals surface area (Å²) in [6.07, 6.45) is 5.30. The molecular weight excluding hydrogens is 294 g/mol. The van der Waals surface area contributed by atoms with E-state index >= 15 is 0 Å². The van der Waals surface area contributed by atoms with E-state index in [9.17, 15) is 0 Å². The molecule has 0 aliphatic heterocycles. The van der Waals surface area contributed by atoms with Gasteiger partial charge in [-0.2, -0.15) is 5.10 Å². The van der Waals surface area contributed by atoms with Gasteiger partial charge in [-0.25, -0.2) is 9.97 Å². The van der Waals surface area contributed by atoms with Gasteiger partial charge in [0.05, 0.1) is 5.69 Å². The zero-order valence-electron chi connectivity index (χ0n) is 13.2. The summed E-state index contributed by atoms with van der Waals surface area (Å²) in [5.74, 6) is 0. The van der Waals surface area contributed by atoms with E-state index in [4.69, 9.17) is 4.74 Å². The van der Waals surface area contributed by atoms with E-state index < -0.39 is 8.07 Å². The SMILES string of the molecule is C[Si](C)(C)CCOCn1ccc2c(-c3ccn[nH]3)ncnc21. The van der Waals surface area contributed by atoms with Crippen molar-refractivity contribution in [2.24, 2.45) is 0 Å². The molecule has 0 saturated carbocycles. The van der Waals surface area contributed by atoms with E-state index in [2.05, 4.69) is 39.8 Å². The van der Waals surface area contributed by atoms with Crippen LogP contribution in [-0.4, -0.2) is 39.4 Å². The minimum absolute atomic E-state index is 0.521. The molecule has 0 amide bonds. The van der Waals surface area contributed by atoms with Gasteiger partial charge in [-0.1, -0.05) is 19.6 Å². The minimum Gasteiger partial charge on any atom is -0.361 e. The van der Waals surface area contributed by atoms with Crippen LogP contribution in [0.2, 0.25) is 25.7 Å². The first-order chi connectivity index (χ1) is 10.5. The second-order valence-corrected chi connectivity index (χ2v) is 12.2. The molecule has 3 heterocycles. The number of fused-ring (bicyclic) bond motifs is 1. The highest BCUT2D eigenvalue weighted by molar-refractivity contribution is 6.76. The summed E-state index contributed by atoms with van der Waals surface area (Å²) in [5.41, 5.74) is 2.64. The van der Waals surface area contributed by atoms with E-state index in [1.165, 1.54) is 6.04 Å². The number of nitrogens with zero attached hydrogens (tertiary/aromatic N) is 4. The average Bonchev–Trinajstić information content (AvgIpc) is 3.12. The molecule has 116 valence electrons. The molecule has 0 bridgehead atoms. The molecule has 7 heteroatoms. The van der Waals surface area contributed by atoms with Crippen LogP contribution in [0.25, 0.3) is 22.4 Å². The molecule has 0 aromatic carbocycles. The highest BCUT2D eigenvalue weighted by atomic mass is 28.3. The van der Waals surface area contributed by atoms with E-state index in [0.717, 1.165) is 29.0 Å². The second kappa shape index (κ2) is 6.02. The number of hydrogen-bond donors (Lipinski definition) is 1. The van der Waals surface area contributed by atoms with Crippen LogP contribution in [0.15, 0.2) is 30.9 Å². The van der Waals surface area contributed by atoms with Gasteiger partial charge in [0, 0.05) is 32.5 Å². The topological polar surface area (TPSA) is 68.6 Å². The summed E-state index contributed by atoms with van der Waals surface area (Å²) >= 11 is 0. The van der Waals surface area contributed by atoms with Gasteiger partial charge in [-0.3, -0.25) is 5.10 Å². The van der Waals surface area contributed by atoms with Crippen LogP contribution < -0.4 is 0 Å². The lowest BCUT2D eigenvalue weighted by Crippen LogP contribution is -2.22. The Morgan fingerprint density at radius 1 is 1.23 bits per heavy atom. The predicted octanol–water partition coefficient (Wildman–Crippen LogP) is 3.13. The normalized spacial score (nSPS) is 12.1. The van der Waals surface area contributed by atoms with Crippen LogP contribution in [0.1, 0.15) is 0 Å². The van der Waals surface area contributed by atoms with Crippen molar-refractivity contribution in [3.05, 3.63) is 30.9 Å². The fraction of sp³-hybridized carbons (Fsp3) is 0.400. The van der Waals surface area contributed by atoms with Crippen molar-refractivity contribution in [1.29, 1.82) is 0 Å². The molecular formula is C15H21N5OSi. The molecule has 0 aliphatic carbocycles. The Labute approximate surface area is 130 Å². The summed E-state index contributed by atoms with van der Waals surface area (Å²) in [7, 11) is -1.05. The first-order valence-electron chi connectivity index (χ1n) is 7.42. The van der Waals surface area contributed by atoms with Gasteiger partial charge in [0.25, 0.3) is 0 Å². The third-order valence-corrected chi connectivity index (χ3v) is 5.24. The number of rotatable bonds is 6. The summed E-state index contributed by atoms with van der Waals surface area (Å²) in [4.78, 5) is 8.75. The number of H-pyrrole nitrogens is 1. The van der Waals surface area contributed by atoms with Crippen molar-refractivity contribution in [2.45, 2.75) is 32.4 Å². The van der Waals surface area contributed by atoms with Crippen molar-refractivity contribution >= 4 is 19.1 Å². The summed E-state index contributed by atoms with van der Waals surface area (Å²) in [5, 5.41) is 7.93. The fourth-order valence-electron chi connectivity index (χ4n) is 2.25. The van der Waals surface area contributed by atoms with Crippen LogP contribution in [0.4, 0.5) is 0 Å². The van der Waals surface area contributed by atoms with Crippen molar-refractivity contribution in [1.82, 2.24) is 24.7 Å². The Morgan fingerprint density at radius 3 is 2.82 bits per heavy atom. The molecule has 0 radical (unpaired) electrons. The molecule has 6 nitrogen and oxygen atoms in total. The maximum Gasteiger partial charge on any atom is 0.145 e. The molecule has 0 atom stereocenters. The smallest absolute Gasteiger partial charge is 0.145 e. The monoisotopic (exact) mass is 315 g/mol. The van der Waals surface area contributed by atoms with E-state index in [1.54, 1.807) is 12.5 Å². The van der Waals surface area contributed by atoms with Crippen molar-refractivity contribution in [2.75, 3.05) is 6.61 Å². The molecule has 0 fully saturated rings. The minimum atomic E-state index is -1.05. The third-order valence-electron chi connectivity index (χ3n) is 3.54. The average molecular weight is 315 g/mol. The number of hydrogen-bond acceptors (Lipinski definition) is 4. The summed E-state index contributed by atoms with van der Waals surface area (Å²) in [6.45, 7) is 8.38. The van der Waals surface area contributed by atoms with E-state index in [1.807, 2.05) is 22.9 Å². The predicted molar refractivity (Wildman–Crippen MR) is 89.2 cm³/mol. The van der Waals surface area contributed by atoms with Gasteiger partial charge in [-0.05, 0) is 18.2 Å². The molecule has 0 spiro atoms. The molecule has 0 aliphatic rings. The summed E-state index contributed by atoms with van der Waals surface area (Å²) in [6, 6.07) is 5.09. The van der Waals surface area contributed by atoms with E-state index in [0.29, 0.717) is 6.73 Å². The van der Waals surface area contributed by atoms with Gasteiger partial charge in [-0.15, -0.1) is 0 Å². The zero-order valence-corrected chi connectivity index (χ0v) is 14.2. The number of ether oxygens (including phenoxy) is 1. The zero-order chi connectivity index (χ0) is 15.6. The Hall–Kier alpha value is -1.99. The molecule has 3 aromatic rings. The lowest BCUT2D eigenvalue weighted by molar-refractivity contribution is 0.0899. The lowest BCUT2D eigenvalue weighted by atomic mass is 10.2. The Morgan fingerprint density at radius 2 is 2.09 bits per heavy atom. The number of aromatic amines is 1. The Bertz CT molecular complexity index is 745. The van der Waals surface area contributed by atoms with Gasteiger partial charge in [0.1, 0.15) is 24.4 Å². The maximum atomic E-state index is 5.81. The number of aromatic nitrogens is 5. The quantitative estimate of drug-likeness (QED) is 0.560. The largest absolute Gasteiger partial charge is 0.361 e. The lowest BCUT2D eigenvalue weighted by Gasteiger charge is -2.15. The van der Waals surface area contributed by atoms with Crippen LogP contribution >= 0.6 is 0 Å². The van der Waals surface area contributed by atoms with Crippen LogP contribution in [0, 0.1) is 0 Å². The molecule has 22 heavy (non-hydrogen) atoms. The molecule has 3 aromatic heterocycles. The van der Waals surface area contributed by atoms with Crippen LogP contribution in [0.5, 0.6) is 0 Å². The van der Waals surface area contributed by atoms with Crippen molar-refractivity contribution < 1.29 is 4.74 Å². The third kappa shape index (κ3) is 3.25. The summed E-state index contributed by atoms with van der Waals surface area (Å²) < 4.78 is 7.82. The van der Waals surface area contributed by atoms with Gasteiger partial charge >= 0.3 is 0 Å². The molecule has 0 saturated heterocycles. The highest BCUT2D eigenvalue weighted by Crippen LogP contribution is 2.24. The Balaban J connectivity index is 1.77. The number of nitrogens with one attached hydrogen (secondary N) is 1. The first-order valence-corrected chi connectivity index (χ1v) is 11.1. The molecule has 0 unspecified atom stereocenters. The van der Waals surface area contributed by atoms with Gasteiger partial charge in [0.2, 0.25) is 0 Å². The van der Waals surface area contributed by atoms with Gasteiger partial charge in [0.15, 0.2) is 0 Å². The van der Waals surface area contributed by atoms with Crippen LogP contribution in [0.3, 0.4) is 0 Å². The Kier molecular flexibility index (Phi) is 4.08. The highest BCUT2D eigenvalue weighted by Gasteiger charge is 2.13. The van der Waals surface area contributed by atoms with Crippen molar-refractivity contribution in [3.63, 3.8) is 0 Å². The second-order valence-electron chi connectivity index (χ2n) is 6.56. The van der Waals surface area contributed by atoms with Gasteiger partial charge < -0.3 is 9.30 Å². The fourth-order valence-corrected chi connectivity index (χ4v) is 3.01. The molecule has 1 N–H and O–H groups in total. The van der Waals surface area contributed by atoms with Crippen LogP contribution in [-0.2, 0) is 11.5 Å².